The van der Waals surface area contributed by atoms with Gasteiger partial charge in [0.2, 0.25) is 0 Å². The Morgan fingerprint density at radius 3 is 2.03 bits per heavy atom. The Labute approximate surface area is 219 Å². The molecule has 0 radical (unpaired) electrons. The second kappa shape index (κ2) is 12.2. The van der Waals surface area contributed by atoms with Crippen LogP contribution in [0.5, 0.6) is 0 Å². The molecule has 3 aliphatic rings. The minimum absolute atomic E-state index is 0.117. The largest absolute Gasteiger partial charge is 0.364 e. The predicted molar refractivity (Wildman–Crippen MR) is 143 cm³/mol. The van der Waals surface area contributed by atoms with Crippen LogP contribution in [0.4, 0.5) is 0 Å². The summed E-state index contributed by atoms with van der Waals surface area (Å²) in [5.41, 5.74) is 0.117. The van der Waals surface area contributed by atoms with E-state index in [1.54, 1.807) is 0 Å². The highest BCUT2D eigenvalue weighted by atomic mass is 32.2. The van der Waals surface area contributed by atoms with Crippen LogP contribution in [-0.2, 0) is 30.5 Å². The van der Waals surface area contributed by atoms with E-state index in [0.717, 1.165) is 18.4 Å². The smallest absolute Gasteiger partial charge is 0.339 e. The van der Waals surface area contributed by atoms with E-state index < -0.39 is 21.5 Å². The van der Waals surface area contributed by atoms with Crippen molar-refractivity contribution in [1.29, 1.82) is 0 Å². The van der Waals surface area contributed by atoms with Crippen molar-refractivity contribution in [3.05, 3.63) is 35.9 Å². The van der Waals surface area contributed by atoms with Crippen LogP contribution < -0.4 is 0 Å². The standard InChI is InChI=1S/C29H47NO5S/c1-4-5-6-7-8-9-10-11-12-13-14-18-21-26-29(34-26)27(35-28(29,2)3)25-23-33-36(31,32)30(25)22-24-19-16-15-17-20-24/h15-17,19-20,25-27H,4-14,18,21-23H2,1-3H3. The van der Waals surface area contributed by atoms with Crippen LogP contribution in [0.15, 0.2) is 30.3 Å². The topological polar surface area (TPSA) is 68.4 Å². The molecule has 1 aromatic carbocycles. The number of epoxide rings is 1. The average Bonchev–Trinajstić information content (AvgIpc) is 3.55. The van der Waals surface area contributed by atoms with Gasteiger partial charge >= 0.3 is 10.3 Å². The molecule has 3 aliphatic heterocycles. The molecule has 0 aromatic heterocycles. The van der Waals surface area contributed by atoms with Gasteiger partial charge in [0.1, 0.15) is 6.10 Å². The van der Waals surface area contributed by atoms with Crippen molar-refractivity contribution in [3.63, 3.8) is 0 Å². The molecule has 36 heavy (non-hydrogen) atoms. The first-order valence-electron chi connectivity index (χ1n) is 14.4. The van der Waals surface area contributed by atoms with Crippen molar-refractivity contribution in [1.82, 2.24) is 4.31 Å². The van der Waals surface area contributed by atoms with E-state index in [1.165, 1.54) is 74.9 Å². The quantitative estimate of drug-likeness (QED) is 0.183. The molecule has 6 nitrogen and oxygen atoms in total. The van der Waals surface area contributed by atoms with Crippen LogP contribution in [0.3, 0.4) is 0 Å². The van der Waals surface area contributed by atoms with E-state index in [9.17, 15) is 8.42 Å². The predicted octanol–water partition coefficient (Wildman–Crippen LogP) is 6.54. The highest BCUT2D eigenvalue weighted by Crippen LogP contribution is 2.62. The van der Waals surface area contributed by atoms with Crippen molar-refractivity contribution in [2.24, 2.45) is 0 Å². The fraction of sp³-hybridized carbons (Fsp3) is 0.793. The first kappa shape index (κ1) is 28.0. The zero-order valence-electron chi connectivity index (χ0n) is 22.6. The molecular formula is C29H47NO5S. The number of hydrogen-bond donors (Lipinski definition) is 0. The van der Waals surface area contributed by atoms with E-state index in [4.69, 9.17) is 13.7 Å². The van der Waals surface area contributed by atoms with Crippen LogP contribution in [0, 0.1) is 0 Å². The maximum atomic E-state index is 12.7. The Hall–Kier alpha value is -0.990. The molecule has 4 unspecified atom stereocenters. The number of nitrogens with zero attached hydrogens (tertiary/aromatic N) is 1. The average molecular weight is 522 g/mol. The first-order chi connectivity index (χ1) is 17.3. The third-order valence-electron chi connectivity index (χ3n) is 8.44. The first-order valence-corrected chi connectivity index (χ1v) is 15.7. The lowest BCUT2D eigenvalue weighted by Crippen LogP contribution is -2.71. The lowest BCUT2D eigenvalue weighted by atomic mass is 9.73. The van der Waals surface area contributed by atoms with Crippen molar-refractivity contribution in [2.45, 2.75) is 140 Å². The van der Waals surface area contributed by atoms with Gasteiger partial charge in [-0.15, -0.1) is 0 Å². The fourth-order valence-corrected chi connectivity index (χ4v) is 7.50. The minimum Gasteiger partial charge on any atom is -0.364 e. The summed E-state index contributed by atoms with van der Waals surface area (Å²) in [5.74, 6) is 0. The molecule has 3 fully saturated rings. The Kier molecular flexibility index (Phi) is 9.54. The second-order valence-electron chi connectivity index (χ2n) is 11.5. The Morgan fingerprint density at radius 2 is 1.44 bits per heavy atom. The number of hydrogen-bond acceptors (Lipinski definition) is 5. The normalized spacial score (nSPS) is 30.5. The Morgan fingerprint density at radius 1 is 0.861 bits per heavy atom. The monoisotopic (exact) mass is 521 g/mol. The van der Waals surface area contributed by atoms with Crippen molar-refractivity contribution in [3.8, 4) is 0 Å². The number of unbranched alkanes of at least 4 members (excludes halogenated alkanes) is 11. The van der Waals surface area contributed by atoms with E-state index >= 15 is 0 Å². The lowest BCUT2D eigenvalue weighted by Gasteiger charge is -2.53. The molecule has 0 amide bonds. The Balaban J connectivity index is 1.20. The summed E-state index contributed by atoms with van der Waals surface area (Å²) < 4.78 is 44.8. The summed E-state index contributed by atoms with van der Waals surface area (Å²) in [6.45, 7) is 6.81. The molecule has 204 valence electrons. The van der Waals surface area contributed by atoms with Gasteiger partial charge < -0.3 is 9.47 Å². The van der Waals surface area contributed by atoms with E-state index in [2.05, 4.69) is 20.8 Å². The van der Waals surface area contributed by atoms with E-state index in [1.807, 2.05) is 30.3 Å². The summed E-state index contributed by atoms with van der Waals surface area (Å²) in [5, 5.41) is 0. The molecule has 0 N–H and O–H groups in total. The molecule has 1 aromatic rings. The summed E-state index contributed by atoms with van der Waals surface area (Å²) in [6.07, 6.45) is 16.9. The summed E-state index contributed by atoms with van der Waals surface area (Å²) in [7, 11) is -3.78. The van der Waals surface area contributed by atoms with Crippen LogP contribution >= 0.6 is 0 Å². The molecular weight excluding hydrogens is 474 g/mol. The van der Waals surface area contributed by atoms with Crippen molar-refractivity contribution >= 4 is 10.3 Å². The second-order valence-corrected chi connectivity index (χ2v) is 13.0. The maximum Gasteiger partial charge on any atom is 0.339 e. The van der Waals surface area contributed by atoms with Crippen LogP contribution in [0.2, 0.25) is 0 Å². The molecule has 4 atom stereocenters. The summed E-state index contributed by atoms with van der Waals surface area (Å²) in [6, 6.07) is 9.29. The molecule has 1 spiro atoms. The molecule has 3 heterocycles. The molecule has 3 saturated heterocycles. The molecule has 7 heteroatoms. The molecule has 4 rings (SSSR count). The number of benzene rings is 1. The number of rotatable bonds is 16. The van der Waals surface area contributed by atoms with Gasteiger partial charge in [0.15, 0.2) is 5.60 Å². The van der Waals surface area contributed by atoms with E-state index in [-0.39, 0.29) is 31.4 Å². The van der Waals surface area contributed by atoms with Crippen molar-refractivity contribution in [2.75, 3.05) is 6.61 Å². The minimum atomic E-state index is -3.78. The zero-order chi connectivity index (χ0) is 25.7. The molecule has 0 aliphatic carbocycles. The van der Waals surface area contributed by atoms with Gasteiger partial charge in [-0.3, -0.25) is 4.18 Å². The lowest BCUT2D eigenvalue weighted by molar-refractivity contribution is -0.267. The van der Waals surface area contributed by atoms with E-state index in [0.29, 0.717) is 0 Å². The van der Waals surface area contributed by atoms with Gasteiger partial charge in [0, 0.05) is 6.54 Å². The third-order valence-corrected chi connectivity index (χ3v) is 9.85. The number of ether oxygens (including phenoxy) is 2. The summed E-state index contributed by atoms with van der Waals surface area (Å²) >= 11 is 0. The third kappa shape index (κ3) is 6.17. The molecule has 0 saturated carbocycles. The van der Waals surface area contributed by atoms with Crippen LogP contribution in [0.25, 0.3) is 0 Å². The maximum absolute atomic E-state index is 12.7. The highest BCUT2D eigenvalue weighted by Gasteiger charge is 2.80. The Bertz CT molecular complexity index is 921. The van der Waals surface area contributed by atoms with Gasteiger partial charge in [-0.05, 0) is 25.8 Å². The van der Waals surface area contributed by atoms with Gasteiger partial charge in [-0.25, -0.2) is 0 Å². The van der Waals surface area contributed by atoms with Gasteiger partial charge in [-0.1, -0.05) is 114 Å². The van der Waals surface area contributed by atoms with Gasteiger partial charge in [-0.2, -0.15) is 12.7 Å². The van der Waals surface area contributed by atoms with Gasteiger partial charge in [0.05, 0.1) is 24.4 Å². The van der Waals surface area contributed by atoms with Crippen LogP contribution in [0.1, 0.15) is 110 Å². The molecule has 0 bridgehead atoms. The SMILES string of the molecule is CCCCCCCCCCCCCCC1OC12C(C1COS(=O)(=O)N1Cc1ccccc1)OC2(C)C. The highest BCUT2D eigenvalue weighted by molar-refractivity contribution is 7.84. The zero-order valence-corrected chi connectivity index (χ0v) is 23.4. The summed E-state index contributed by atoms with van der Waals surface area (Å²) in [4.78, 5) is 0. The fourth-order valence-electron chi connectivity index (χ4n) is 6.24. The van der Waals surface area contributed by atoms with Gasteiger partial charge in [0.25, 0.3) is 0 Å². The van der Waals surface area contributed by atoms with Crippen LogP contribution in [-0.4, -0.2) is 48.8 Å². The van der Waals surface area contributed by atoms with Crippen molar-refractivity contribution < 1.29 is 22.1 Å².